The molecule has 0 radical (unpaired) electrons. The number of nitrogens with zero attached hydrogens (tertiary/aromatic N) is 4. The summed E-state index contributed by atoms with van der Waals surface area (Å²) in [6, 6.07) is 5.38. The second-order valence-electron chi connectivity index (χ2n) is 8.21. The minimum atomic E-state index is -4.83. The topological polar surface area (TPSA) is 146 Å². The molecule has 0 aliphatic heterocycles. The van der Waals surface area contributed by atoms with Crippen LogP contribution in [0.2, 0.25) is 0 Å². The number of alkyl halides is 3. The number of nitrogens with two attached hydrogens (primary N) is 1. The number of thiophene rings is 1. The first-order valence-electron chi connectivity index (χ1n) is 10.9. The zero-order valence-electron chi connectivity index (χ0n) is 19.7. The Balaban J connectivity index is 1.77. The maximum absolute atomic E-state index is 13.6. The molecule has 1 aromatic carbocycles. The Morgan fingerprint density at radius 3 is 2.42 bits per heavy atom. The molecule has 3 heterocycles. The van der Waals surface area contributed by atoms with E-state index in [0.717, 1.165) is 18.2 Å². The maximum atomic E-state index is 13.6. The molecule has 4 rings (SSSR count). The molecule has 0 saturated heterocycles. The van der Waals surface area contributed by atoms with Gasteiger partial charge >= 0.3 is 11.9 Å². The zero-order chi connectivity index (χ0) is 27.9. The largest absolute Gasteiger partial charge is 0.433 e. The molecule has 38 heavy (non-hydrogen) atoms. The number of aryl methyl sites for hydroxylation is 2. The van der Waals surface area contributed by atoms with Crippen LogP contribution in [0.25, 0.3) is 21.3 Å². The average molecular weight is 550 g/mol. The molecule has 0 saturated carbocycles. The molecule has 10 nitrogen and oxygen atoms in total. The molecular weight excluding hydrogens is 532 g/mol. The van der Waals surface area contributed by atoms with Crippen molar-refractivity contribution in [1.29, 1.82) is 0 Å². The van der Waals surface area contributed by atoms with Crippen molar-refractivity contribution in [2.75, 3.05) is 5.32 Å². The first kappa shape index (κ1) is 26.7. The van der Waals surface area contributed by atoms with E-state index in [4.69, 9.17) is 5.73 Å². The molecule has 0 atom stereocenters. The summed E-state index contributed by atoms with van der Waals surface area (Å²) < 4.78 is 55.6. The van der Waals surface area contributed by atoms with Gasteiger partial charge in [-0.15, -0.1) is 11.3 Å². The number of rotatable bonds is 7. The van der Waals surface area contributed by atoms with Crippen molar-refractivity contribution in [3.63, 3.8) is 0 Å². The molecule has 3 N–H and O–H groups in total. The smallest absolute Gasteiger partial charge is 0.365 e. The molecule has 0 aliphatic rings. The highest BCUT2D eigenvalue weighted by Gasteiger charge is 2.35. The van der Waals surface area contributed by atoms with E-state index in [-0.39, 0.29) is 61.9 Å². The number of halogens is 4. The highest BCUT2D eigenvalue weighted by atomic mass is 32.1. The fourth-order valence-electron chi connectivity index (χ4n) is 3.97. The highest BCUT2D eigenvalue weighted by Crippen LogP contribution is 2.43. The van der Waals surface area contributed by atoms with E-state index in [1.165, 1.54) is 30.7 Å². The van der Waals surface area contributed by atoms with Crippen LogP contribution in [-0.4, -0.2) is 31.5 Å². The van der Waals surface area contributed by atoms with Gasteiger partial charge in [0.05, 0.1) is 17.2 Å². The van der Waals surface area contributed by atoms with Crippen LogP contribution in [0.15, 0.2) is 30.3 Å². The lowest BCUT2D eigenvalue weighted by Crippen LogP contribution is -2.18. The van der Waals surface area contributed by atoms with Crippen LogP contribution in [0, 0.1) is 29.8 Å². The summed E-state index contributed by atoms with van der Waals surface area (Å²) in [7, 11) is 0. The van der Waals surface area contributed by atoms with Gasteiger partial charge in [0.2, 0.25) is 5.91 Å². The van der Waals surface area contributed by atoms with E-state index >= 15 is 0 Å². The standard InChI is InChI=1S/C23H18F4N6O4S/c1-10-19(33(36)37)11(2)32(31-10)8-7-16(34)30-18-17-14(12-3-5-13(24)6-4-12)9-15(23(25,26)27)29-22(17)38-20(18)21(28)35/h3-6,9H,7-8H2,1-2H3,(H2,28,35)(H,30,34). The van der Waals surface area contributed by atoms with E-state index in [2.05, 4.69) is 15.4 Å². The van der Waals surface area contributed by atoms with Crippen molar-refractivity contribution in [2.45, 2.75) is 33.0 Å². The third kappa shape index (κ3) is 5.04. The van der Waals surface area contributed by atoms with Crippen molar-refractivity contribution in [1.82, 2.24) is 14.8 Å². The summed E-state index contributed by atoms with van der Waals surface area (Å²) in [6.45, 7) is 2.88. The third-order valence-electron chi connectivity index (χ3n) is 5.67. The van der Waals surface area contributed by atoms with Crippen LogP contribution in [0.5, 0.6) is 0 Å². The van der Waals surface area contributed by atoms with Crippen LogP contribution >= 0.6 is 11.3 Å². The normalized spacial score (nSPS) is 11.6. The third-order valence-corrected chi connectivity index (χ3v) is 6.77. The number of carbonyl (C=O) groups excluding carboxylic acids is 2. The van der Waals surface area contributed by atoms with E-state index < -0.39 is 34.4 Å². The Morgan fingerprint density at radius 1 is 1.21 bits per heavy atom. The monoisotopic (exact) mass is 550 g/mol. The Bertz CT molecular complexity index is 1590. The summed E-state index contributed by atoms with van der Waals surface area (Å²) >= 11 is 0.575. The van der Waals surface area contributed by atoms with Crippen molar-refractivity contribution >= 4 is 44.7 Å². The van der Waals surface area contributed by atoms with Gasteiger partial charge in [0.1, 0.15) is 32.6 Å². The summed E-state index contributed by atoms with van der Waals surface area (Å²) in [4.78, 5) is 38.9. The Kier molecular flexibility index (Phi) is 6.88. The predicted octanol–water partition coefficient (Wildman–Crippen LogP) is 4.97. The number of nitro groups is 1. The molecule has 4 aromatic rings. The van der Waals surface area contributed by atoms with Gasteiger partial charge in [-0.05, 0) is 43.2 Å². The van der Waals surface area contributed by atoms with E-state index in [1.54, 1.807) is 0 Å². The SMILES string of the molecule is Cc1nn(CCC(=O)Nc2c(C(N)=O)sc3nc(C(F)(F)F)cc(-c4ccc(F)cc4)c23)c(C)c1[N+](=O)[O-]. The maximum Gasteiger partial charge on any atom is 0.433 e. The van der Waals surface area contributed by atoms with Crippen LogP contribution in [0.1, 0.15) is 33.2 Å². The first-order chi connectivity index (χ1) is 17.8. The number of benzene rings is 1. The lowest BCUT2D eigenvalue weighted by molar-refractivity contribution is -0.386. The molecule has 0 aliphatic carbocycles. The molecule has 0 spiro atoms. The Labute approximate surface area is 215 Å². The van der Waals surface area contributed by atoms with Crippen LogP contribution in [0.4, 0.5) is 28.9 Å². The highest BCUT2D eigenvalue weighted by molar-refractivity contribution is 7.21. The number of pyridine rings is 1. The lowest BCUT2D eigenvalue weighted by Gasteiger charge is -2.12. The number of hydrogen-bond acceptors (Lipinski definition) is 7. The molecule has 0 unspecified atom stereocenters. The van der Waals surface area contributed by atoms with Gasteiger partial charge in [-0.2, -0.15) is 18.3 Å². The lowest BCUT2D eigenvalue weighted by atomic mass is 10.0. The number of anilines is 1. The van der Waals surface area contributed by atoms with Crippen molar-refractivity contribution in [3.05, 3.63) is 68.2 Å². The average Bonchev–Trinajstić information content (AvgIpc) is 3.33. The minimum Gasteiger partial charge on any atom is -0.365 e. The van der Waals surface area contributed by atoms with Gasteiger partial charge in [-0.3, -0.25) is 24.4 Å². The number of primary amides is 1. The molecule has 2 amide bonds. The van der Waals surface area contributed by atoms with Crippen molar-refractivity contribution < 1.29 is 32.1 Å². The fourth-order valence-corrected chi connectivity index (χ4v) is 4.98. The number of carbonyl (C=O) groups is 2. The van der Waals surface area contributed by atoms with E-state index in [0.29, 0.717) is 11.3 Å². The zero-order valence-corrected chi connectivity index (χ0v) is 20.5. The van der Waals surface area contributed by atoms with E-state index in [1.807, 2.05) is 0 Å². The van der Waals surface area contributed by atoms with Crippen LogP contribution in [0.3, 0.4) is 0 Å². The first-order valence-corrected chi connectivity index (χ1v) is 11.7. The fraction of sp³-hybridized carbons (Fsp3) is 0.217. The van der Waals surface area contributed by atoms with Crippen LogP contribution < -0.4 is 11.1 Å². The second kappa shape index (κ2) is 9.81. The van der Waals surface area contributed by atoms with Gasteiger partial charge < -0.3 is 11.1 Å². The van der Waals surface area contributed by atoms with Gasteiger partial charge in [0.25, 0.3) is 5.91 Å². The number of fused-ring (bicyclic) bond motifs is 1. The minimum absolute atomic E-state index is 0.0264. The molecule has 0 fully saturated rings. The molecule has 3 aromatic heterocycles. The number of nitrogens with one attached hydrogen (secondary N) is 1. The van der Waals surface area contributed by atoms with Crippen molar-refractivity contribution in [2.24, 2.45) is 5.73 Å². The number of hydrogen-bond donors (Lipinski definition) is 2. The van der Waals surface area contributed by atoms with Gasteiger partial charge in [-0.1, -0.05) is 12.1 Å². The predicted molar refractivity (Wildman–Crippen MR) is 130 cm³/mol. The molecule has 15 heteroatoms. The van der Waals surface area contributed by atoms with Crippen LogP contribution in [-0.2, 0) is 17.5 Å². The van der Waals surface area contributed by atoms with Gasteiger partial charge in [0, 0.05) is 11.8 Å². The summed E-state index contributed by atoms with van der Waals surface area (Å²) in [6.07, 6.45) is -5.07. The number of amides is 2. The Morgan fingerprint density at radius 2 is 1.87 bits per heavy atom. The molecular formula is C23H18F4N6O4S. The molecule has 198 valence electrons. The quantitative estimate of drug-likeness (QED) is 0.189. The summed E-state index contributed by atoms with van der Waals surface area (Å²) in [5.41, 5.74) is 4.45. The van der Waals surface area contributed by atoms with Gasteiger partial charge in [0.15, 0.2) is 0 Å². The Hall–Kier alpha value is -4.40. The number of aromatic nitrogens is 3. The summed E-state index contributed by atoms with van der Waals surface area (Å²) in [5, 5.41) is 17.8. The summed E-state index contributed by atoms with van der Waals surface area (Å²) in [5.74, 6) is -2.28. The van der Waals surface area contributed by atoms with Gasteiger partial charge in [-0.25, -0.2) is 9.37 Å². The second-order valence-corrected chi connectivity index (χ2v) is 9.21. The van der Waals surface area contributed by atoms with E-state index in [9.17, 15) is 37.3 Å². The van der Waals surface area contributed by atoms with Crippen molar-refractivity contribution in [3.8, 4) is 11.1 Å². The molecule has 0 bridgehead atoms.